The maximum atomic E-state index is 11.9. The Bertz CT molecular complexity index is 587. The molecule has 0 spiro atoms. The fourth-order valence-corrected chi connectivity index (χ4v) is 2.24. The highest BCUT2D eigenvalue weighted by atomic mass is 16.6. The molecule has 6 heteroatoms. The van der Waals surface area contributed by atoms with Crippen LogP contribution in [0.3, 0.4) is 0 Å². The summed E-state index contributed by atoms with van der Waals surface area (Å²) in [6.07, 6.45) is 2.28. The molecule has 0 aromatic heterocycles. The predicted molar refractivity (Wildman–Crippen MR) is 87.0 cm³/mol. The summed E-state index contributed by atoms with van der Waals surface area (Å²) in [5.74, 6) is 0.128. The SMILES string of the molecule is COc1cc(CCC2(O)CC2)cc(NC(=O)OC(C)(C)C)c1O. The first-order valence-electron chi connectivity index (χ1n) is 7.74. The first-order valence-corrected chi connectivity index (χ1v) is 7.74. The zero-order valence-corrected chi connectivity index (χ0v) is 14.1. The van der Waals surface area contributed by atoms with E-state index >= 15 is 0 Å². The molecule has 1 aliphatic rings. The minimum absolute atomic E-state index is 0.146. The van der Waals surface area contributed by atoms with Gasteiger partial charge in [0, 0.05) is 0 Å². The average molecular weight is 323 g/mol. The largest absolute Gasteiger partial charge is 0.503 e. The number of ether oxygens (including phenoxy) is 2. The van der Waals surface area contributed by atoms with Crippen LogP contribution in [0.5, 0.6) is 11.5 Å². The Morgan fingerprint density at radius 2 is 2.00 bits per heavy atom. The number of aromatic hydroxyl groups is 1. The van der Waals surface area contributed by atoms with Gasteiger partial charge in [-0.3, -0.25) is 5.32 Å². The number of hydrogen-bond donors (Lipinski definition) is 3. The number of phenolic OH excluding ortho intramolecular Hbond substituents is 1. The zero-order chi connectivity index (χ0) is 17.3. The summed E-state index contributed by atoms with van der Waals surface area (Å²) in [6.45, 7) is 5.29. The van der Waals surface area contributed by atoms with E-state index in [-0.39, 0.29) is 17.2 Å². The van der Waals surface area contributed by atoms with Gasteiger partial charge in [0.05, 0.1) is 18.4 Å². The molecule has 1 aliphatic carbocycles. The number of carbonyl (C=O) groups is 1. The molecule has 1 aromatic rings. The Morgan fingerprint density at radius 3 is 2.52 bits per heavy atom. The second-order valence-corrected chi connectivity index (χ2v) is 7.05. The van der Waals surface area contributed by atoms with E-state index in [9.17, 15) is 15.0 Å². The summed E-state index contributed by atoms with van der Waals surface area (Å²) < 4.78 is 10.3. The van der Waals surface area contributed by atoms with Crippen LogP contribution in [0.25, 0.3) is 0 Å². The van der Waals surface area contributed by atoms with Crippen LogP contribution < -0.4 is 10.1 Å². The number of methoxy groups -OCH3 is 1. The molecule has 2 rings (SSSR count). The maximum Gasteiger partial charge on any atom is 0.412 e. The molecule has 1 fully saturated rings. The standard InChI is InChI=1S/C17H25NO5/c1-16(2,3)23-15(20)18-12-9-11(5-6-17(21)7-8-17)10-13(22-4)14(12)19/h9-10,19,21H,5-8H2,1-4H3,(H,18,20). The van der Waals surface area contributed by atoms with Gasteiger partial charge in [-0.1, -0.05) is 0 Å². The maximum absolute atomic E-state index is 11.9. The molecule has 1 amide bonds. The lowest BCUT2D eigenvalue weighted by molar-refractivity contribution is 0.0635. The molecule has 128 valence electrons. The van der Waals surface area contributed by atoms with Gasteiger partial charge >= 0.3 is 6.09 Å². The fourth-order valence-electron chi connectivity index (χ4n) is 2.24. The van der Waals surface area contributed by atoms with Gasteiger partial charge in [0.15, 0.2) is 11.5 Å². The van der Waals surface area contributed by atoms with E-state index in [2.05, 4.69) is 5.32 Å². The number of carbonyl (C=O) groups excluding carboxylic acids is 1. The summed E-state index contributed by atoms with van der Waals surface area (Å²) in [5, 5.41) is 22.6. The van der Waals surface area contributed by atoms with Crippen molar-refractivity contribution in [3.8, 4) is 11.5 Å². The van der Waals surface area contributed by atoms with Gasteiger partial charge in [-0.25, -0.2) is 4.79 Å². The van der Waals surface area contributed by atoms with Crippen LogP contribution in [0.15, 0.2) is 12.1 Å². The molecule has 1 saturated carbocycles. The topological polar surface area (TPSA) is 88.0 Å². The fraction of sp³-hybridized carbons (Fsp3) is 0.588. The number of phenols is 1. The minimum Gasteiger partial charge on any atom is -0.503 e. The molecule has 3 N–H and O–H groups in total. The van der Waals surface area contributed by atoms with E-state index in [1.807, 2.05) is 0 Å². The lowest BCUT2D eigenvalue weighted by Crippen LogP contribution is -2.27. The van der Waals surface area contributed by atoms with Crippen molar-refractivity contribution in [2.45, 2.75) is 57.7 Å². The highest BCUT2D eigenvalue weighted by Gasteiger charge is 2.39. The summed E-state index contributed by atoms with van der Waals surface area (Å²) in [7, 11) is 1.45. The Kier molecular flexibility index (Phi) is 4.75. The highest BCUT2D eigenvalue weighted by Crippen LogP contribution is 2.41. The number of amides is 1. The number of benzene rings is 1. The monoisotopic (exact) mass is 323 g/mol. The van der Waals surface area contributed by atoms with Crippen LogP contribution in [-0.4, -0.2) is 34.6 Å². The molecule has 0 saturated heterocycles. The van der Waals surface area contributed by atoms with Crippen LogP contribution in [0, 0.1) is 0 Å². The lowest BCUT2D eigenvalue weighted by atomic mass is 10.0. The number of hydrogen-bond acceptors (Lipinski definition) is 5. The van der Waals surface area contributed by atoms with E-state index in [0.717, 1.165) is 18.4 Å². The van der Waals surface area contributed by atoms with Crippen molar-refractivity contribution in [1.82, 2.24) is 0 Å². The summed E-state index contributed by atoms with van der Waals surface area (Å²) in [4.78, 5) is 11.9. The predicted octanol–water partition coefficient (Wildman–Crippen LogP) is 3.21. The van der Waals surface area contributed by atoms with Gasteiger partial charge in [-0.15, -0.1) is 0 Å². The third kappa shape index (κ3) is 5.03. The lowest BCUT2D eigenvalue weighted by Gasteiger charge is -2.20. The van der Waals surface area contributed by atoms with Crippen LogP contribution >= 0.6 is 0 Å². The molecular formula is C17H25NO5. The van der Waals surface area contributed by atoms with Gasteiger partial charge in [0.1, 0.15) is 5.60 Å². The van der Waals surface area contributed by atoms with Crippen molar-refractivity contribution in [1.29, 1.82) is 0 Å². The second kappa shape index (κ2) is 6.28. The summed E-state index contributed by atoms with van der Waals surface area (Å²) >= 11 is 0. The molecule has 0 atom stereocenters. The normalized spacial score (nSPS) is 15.9. The third-order valence-electron chi connectivity index (χ3n) is 3.70. The molecule has 0 heterocycles. The van der Waals surface area contributed by atoms with E-state index in [0.29, 0.717) is 12.8 Å². The molecule has 0 aliphatic heterocycles. The molecular weight excluding hydrogens is 298 g/mol. The Balaban J connectivity index is 2.14. The molecule has 0 bridgehead atoms. The van der Waals surface area contributed by atoms with Gasteiger partial charge < -0.3 is 19.7 Å². The Hall–Kier alpha value is -1.95. The number of anilines is 1. The van der Waals surface area contributed by atoms with Gasteiger partial charge in [-0.2, -0.15) is 0 Å². The quantitative estimate of drug-likeness (QED) is 0.724. The molecule has 0 radical (unpaired) electrons. The summed E-state index contributed by atoms with van der Waals surface area (Å²) in [6, 6.07) is 3.38. The van der Waals surface area contributed by atoms with E-state index in [1.54, 1.807) is 32.9 Å². The third-order valence-corrected chi connectivity index (χ3v) is 3.70. The average Bonchev–Trinajstić information content (AvgIpc) is 3.15. The Morgan fingerprint density at radius 1 is 1.35 bits per heavy atom. The van der Waals surface area contributed by atoms with Crippen molar-refractivity contribution in [3.63, 3.8) is 0 Å². The van der Waals surface area contributed by atoms with Crippen molar-refractivity contribution in [3.05, 3.63) is 17.7 Å². The van der Waals surface area contributed by atoms with Gasteiger partial charge in [-0.05, 0) is 64.2 Å². The van der Waals surface area contributed by atoms with E-state index < -0.39 is 17.3 Å². The van der Waals surface area contributed by atoms with E-state index in [1.165, 1.54) is 7.11 Å². The number of aryl methyl sites for hydroxylation is 1. The molecule has 0 unspecified atom stereocenters. The smallest absolute Gasteiger partial charge is 0.412 e. The van der Waals surface area contributed by atoms with Crippen molar-refractivity contribution in [2.75, 3.05) is 12.4 Å². The number of nitrogens with one attached hydrogen (secondary N) is 1. The molecule has 23 heavy (non-hydrogen) atoms. The minimum atomic E-state index is -0.646. The van der Waals surface area contributed by atoms with Crippen LogP contribution in [0.1, 0.15) is 45.6 Å². The van der Waals surface area contributed by atoms with Gasteiger partial charge in [0.25, 0.3) is 0 Å². The van der Waals surface area contributed by atoms with Crippen molar-refractivity contribution in [2.24, 2.45) is 0 Å². The second-order valence-electron chi connectivity index (χ2n) is 7.05. The molecule has 1 aromatic carbocycles. The van der Waals surface area contributed by atoms with Crippen LogP contribution in [-0.2, 0) is 11.2 Å². The zero-order valence-electron chi connectivity index (χ0n) is 14.1. The number of rotatable bonds is 5. The molecule has 6 nitrogen and oxygen atoms in total. The first kappa shape index (κ1) is 17.4. The Labute approximate surface area is 136 Å². The summed E-state index contributed by atoms with van der Waals surface area (Å²) in [5.41, 5.74) is -0.0806. The van der Waals surface area contributed by atoms with E-state index in [4.69, 9.17) is 9.47 Å². The van der Waals surface area contributed by atoms with Crippen molar-refractivity contribution < 1.29 is 24.5 Å². The van der Waals surface area contributed by atoms with Crippen LogP contribution in [0.2, 0.25) is 0 Å². The van der Waals surface area contributed by atoms with Crippen LogP contribution in [0.4, 0.5) is 10.5 Å². The first-order chi connectivity index (χ1) is 10.6. The van der Waals surface area contributed by atoms with Gasteiger partial charge in [0.2, 0.25) is 0 Å². The van der Waals surface area contributed by atoms with Crippen molar-refractivity contribution >= 4 is 11.8 Å². The highest BCUT2D eigenvalue weighted by molar-refractivity contribution is 5.88. The number of aliphatic hydroxyl groups is 1.